The van der Waals surface area contributed by atoms with E-state index in [1.165, 1.54) is 0 Å². The number of aromatic amines is 2. The van der Waals surface area contributed by atoms with Gasteiger partial charge in [0.2, 0.25) is 5.43 Å². The van der Waals surface area contributed by atoms with Crippen LogP contribution in [-0.4, -0.2) is 40.7 Å². The second-order valence-electron chi connectivity index (χ2n) is 4.37. The third kappa shape index (κ3) is 2.36. The summed E-state index contributed by atoms with van der Waals surface area (Å²) in [4.78, 5) is 27.0. The van der Waals surface area contributed by atoms with Crippen LogP contribution >= 0.6 is 0 Å². The van der Waals surface area contributed by atoms with Gasteiger partial charge >= 0.3 is 0 Å². The zero-order chi connectivity index (χ0) is 14.8. The van der Waals surface area contributed by atoms with Crippen molar-refractivity contribution < 1.29 is 9.47 Å². The lowest BCUT2D eigenvalue weighted by molar-refractivity contribution is 0.146. The fourth-order valence-corrected chi connectivity index (χ4v) is 2.01. The standard InChI is InChI=1S/C13H12N4O4/c1-20-4-5-21-7-2-3-9-8(6-7)12(18)10-11(13(19)14-9)16-17-15-10/h2-3,6H,4-5H2,1H3,(H,14,19)(H,15,16,17). The molecule has 21 heavy (non-hydrogen) atoms. The van der Waals surface area contributed by atoms with Crippen molar-refractivity contribution in [1.82, 2.24) is 20.4 Å². The number of ether oxygens (including phenoxy) is 2. The summed E-state index contributed by atoms with van der Waals surface area (Å²) in [5.74, 6) is 0.518. The van der Waals surface area contributed by atoms with E-state index in [1.54, 1.807) is 25.3 Å². The predicted octanol–water partition coefficient (Wildman–Crippen LogP) is 0.185. The monoisotopic (exact) mass is 288 g/mol. The largest absolute Gasteiger partial charge is 0.491 e. The second kappa shape index (κ2) is 5.33. The molecule has 0 radical (unpaired) electrons. The Morgan fingerprint density at radius 1 is 1.24 bits per heavy atom. The number of nitrogens with zero attached hydrogens (tertiary/aromatic N) is 2. The summed E-state index contributed by atoms with van der Waals surface area (Å²) >= 11 is 0. The highest BCUT2D eigenvalue weighted by Crippen LogP contribution is 2.16. The molecule has 0 saturated carbocycles. The number of rotatable bonds is 4. The van der Waals surface area contributed by atoms with Gasteiger partial charge in [-0.3, -0.25) is 14.7 Å². The van der Waals surface area contributed by atoms with Crippen molar-refractivity contribution in [2.45, 2.75) is 0 Å². The van der Waals surface area contributed by atoms with Crippen molar-refractivity contribution in [2.75, 3.05) is 20.3 Å². The highest BCUT2D eigenvalue weighted by molar-refractivity contribution is 5.87. The Balaban J connectivity index is 2.22. The number of H-pyrrole nitrogens is 2. The summed E-state index contributed by atoms with van der Waals surface area (Å²) in [5.41, 5.74) is -0.367. The smallest absolute Gasteiger partial charge is 0.278 e. The van der Waals surface area contributed by atoms with Crippen molar-refractivity contribution in [1.29, 1.82) is 0 Å². The topological polar surface area (TPSA) is 110 Å². The third-order valence-corrected chi connectivity index (χ3v) is 3.03. The Morgan fingerprint density at radius 3 is 2.90 bits per heavy atom. The van der Waals surface area contributed by atoms with Gasteiger partial charge in [-0.2, -0.15) is 0 Å². The molecule has 3 aromatic rings. The van der Waals surface area contributed by atoms with Crippen LogP contribution in [0.15, 0.2) is 27.8 Å². The van der Waals surface area contributed by atoms with Crippen molar-refractivity contribution in [3.05, 3.63) is 38.8 Å². The molecule has 2 N–H and O–H groups in total. The Morgan fingerprint density at radius 2 is 2.10 bits per heavy atom. The first kappa shape index (κ1) is 13.3. The molecule has 0 unspecified atom stereocenters. The Labute approximate surface area is 117 Å². The molecule has 0 aliphatic rings. The normalized spacial score (nSPS) is 11.1. The summed E-state index contributed by atoms with van der Waals surface area (Å²) in [7, 11) is 1.58. The summed E-state index contributed by atoms with van der Waals surface area (Å²) in [6, 6.07) is 4.86. The van der Waals surface area contributed by atoms with Gasteiger partial charge in [-0.1, -0.05) is 5.21 Å². The molecule has 1 aromatic carbocycles. The second-order valence-corrected chi connectivity index (χ2v) is 4.37. The molecule has 0 fully saturated rings. The highest BCUT2D eigenvalue weighted by atomic mass is 16.5. The van der Waals surface area contributed by atoms with E-state index in [0.717, 1.165) is 0 Å². The highest BCUT2D eigenvalue weighted by Gasteiger charge is 2.10. The van der Waals surface area contributed by atoms with Crippen molar-refractivity contribution in [3.63, 3.8) is 0 Å². The average molecular weight is 288 g/mol. The SMILES string of the molecule is COCCOc1ccc2[nH]c(=O)c3nn[nH]c3c(=O)c2c1. The average Bonchev–Trinajstić information content (AvgIpc) is 2.94. The van der Waals surface area contributed by atoms with Crippen molar-refractivity contribution >= 4 is 21.9 Å². The molecule has 0 amide bonds. The van der Waals surface area contributed by atoms with Crippen LogP contribution < -0.4 is 15.7 Å². The van der Waals surface area contributed by atoms with E-state index < -0.39 is 5.56 Å². The lowest BCUT2D eigenvalue weighted by Gasteiger charge is -2.05. The Hall–Kier alpha value is -2.74. The molecule has 0 aliphatic carbocycles. The molecule has 3 rings (SSSR count). The summed E-state index contributed by atoms with van der Waals surface area (Å²) < 4.78 is 10.4. The minimum absolute atomic E-state index is 0.0157. The van der Waals surface area contributed by atoms with Gasteiger partial charge < -0.3 is 14.5 Å². The molecule has 0 aliphatic heterocycles. The van der Waals surface area contributed by atoms with Crippen LogP contribution in [0, 0.1) is 0 Å². The summed E-state index contributed by atoms with van der Waals surface area (Å²) in [5, 5.41) is 9.91. The van der Waals surface area contributed by atoms with E-state index in [9.17, 15) is 9.59 Å². The fourth-order valence-electron chi connectivity index (χ4n) is 2.01. The molecule has 8 heteroatoms. The number of hydrogen-bond acceptors (Lipinski definition) is 6. The van der Waals surface area contributed by atoms with Crippen LogP contribution in [0.1, 0.15) is 0 Å². The molecule has 0 atom stereocenters. The zero-order valence-electron chi connectivity index (χ0n) is 11.2. The van der Waals surface area contributed by atoms with Gasteiger partial charge in [0.1, 0.15) is 17.9 Å². The Kier molecular flexibility index (Phi) is 3.36. The van der Waals surface area contributed by atoms with Crippen LogP contribution in [0.4, 0.5) is 0 Å². The predicted molar refractivity (Wildman–Crippen MR) is 75.7 cm³/mol. The molecule has 108 valence electrons. The molecule has 0 bridgehead atoms. The molecule has 2 aromatic heterocycles. The fraction of sp³-hybridized carbons (Fsp3) is 0.231. The first-order valence-electron chi connectivity index (χ1n) is 6.23. The van der Waals surface area contributed by atoms with E-state index in [4.69, 9.17) is 9.47 Å². The first-order valence-corrected chi connectivity index (χ1v) is 6.23. The number of nitrogens with one attached hydrogen (secondary N) is 2. The lowest BCUT2D eigenvalue weighted by Crippen LogP contribution is -2.05. The van der Waals surface area contributed by atoms with E-state index >= 15 is 0 Å². The van der Waals surface area contributed by atoms with Crippen LogP contribution in [0.25, 0.3) is 21.9 Å². The molecular weight excluding hydrogens is 276 g/mol. The van der Waals surface area contributed by atoms with E-state index in [2.05, 4.69) is 20.4 Å². The van der Waals surface area contributed by atoms with Crippen LogP contribution in [0.5, 0.6) is 5.75 Å². The van der Waals surface area contributed by atoms with Gasteiger partial charge in [0.15, 0.2) is 5.52 Å². The molecular formula is C13H12N4O4. The zero-order valence-corrected chi connectivity index (χ0v) is 11.2. The minimum Gasteiger partial charge on any atom is -0.491 e. The van der Waals surface area contributed by atoms with E-state index in [0.29, 0.717) is 29.9 Å². The van der Waals surface area contributed by atoms with Gasteiger partial charge in [-0.15, -0.1) is 5.10 Å². The van der Waals surface area contributed by atoms with E-state index in [-0.39, 0.29) is 16.5 Å². The van der Waals surface area contributed by atoms with Gasteiger partial charge in [0.05, 0.1) is 17.5 Å². The minimum atomic E-state index is -0.473. The summed E-state index contributed by atoms with van der Waals surface area (Å²) in [6.07, 6.45) is 0. The van der Waals surface area contributed by atoms with Crippen molar-refractivity contribution in [3.8, 4) is 5.75 Å². The Bertz CT molecular complexity index is 915. The number of aromatic nitrogens is 4. The number of hydrogen-bond donors (Lipinski definition) is 2. The van der Waals surface area contributed by atoms with Crippen LogP contribution in [0.2, 0.25) is 0 Å². The number of fused-ring (bicyclic) bond motifs is 2. The maximum atomic E-state index is 12.4. The van der Waals surface area contributed by atoms with Gasteiger partial charge in [0, 0.05) is 7.11 Å². The lowest BCUT2D eigenvalue weighted by atomic mass is 10.2. The van der Waals surface area contributed by atoms with Crippen molar-refractivity contribution in [2.24, 2.45) is 0 Å². The molecule has 2 heterocycles. The van der Waals surface area contributed by atoms with Gasteiger partial charge in [-0.25, -0.2) is 0 Å². The van der Waals surface area contributed by atoms with Crippen LogP contribution in [-0.2, 0) is 4.74 Å². The number of methoxy groups -OCH3 is 1. The molecule has 0 spiro atoms. The maximum Gasteiger partial charge on any atom is 0.278 e. The maximum absolute atomic E-state index is 12.4. The number of benzene rings is 1. The quantitative estimate of drug-likeness (QED) is 0.663. The molecule has 0 saturated heterocycles. The summed E-state index contributed by atoms with van der Waals surface area (Å²) in [6.45, 7) is 0.809. The van der Waals surface area contributed by atoms with Gasteiger partial charge in [-0.05, 0) is 18.2 Å². The molecule has 8 nitrogen and oxygen atoms in total. The van der Waals surface area contributed by atoms with Crippen LogP contribution in [0.3, 0.4) is 0 Å². The van der Waals surface area contributed by atoms with E-state index in [1.807, 2.05) is 0 Å². The van der Waals surface area contributed by atoms with Gasteiger partial charge in [0.25, 0.3) is 5.56 Å². The first-order chi connectivity index (χ1) is 10.2. The third-order valence-electron chi connectivity index (χ3n) is 3.03.